The van der Waals surface area contributed by atoms with Crippen LogP contribution in [0.5, 0.6) is 11.6 Å². The number of anilines is 1. The van der Waals surface area contributed by atoms with E-state index in [0.717, 1.165) is 20.8 Å². The number of ether oxygens (including phenoxy) is 1. The van der Waals surface area contributed by atoms with Gasteiger partial charge in [-0.1, -0.05) is 59.1 Å². The van der Waals surface area contributed by atoms with E-state index in [1.807, 2.05) is 42.5 Å². The lowest BCUT2D eigenvalue weighted by Crippen LogP contribution is -2.13. The number of hydrogen-bond donors (Lipinski definition) is 1. The summed E-state index contributed by atoms with van der Waals surface area (Å²) in [6.07, 6.45) is 1.31. The zero-order chi connectivity index (χ0) is 24.6. The van der Waals surface area contributed by atoms with Crippen LogP contribution in [0.4, 0.5) is 5.69 Å². The molecule has 0 saturated carbocycles. The molecule has 5 rings (SSSR count). The van der Waals surface area contributed by atoms with E-state index in [9.17, 15) is 8.42 Å². The molecule has 176 valence electrons. The van der Waals surface area contributed by atoms with Crippen LogP contribution in [0.2, 0.25) is 15.1 Å². The minimum atomic E-state index is -3.99. The first-order valence-electron chi connectivity index (χ1n) is 10.1. The fourth-order valence-electron chi connectivity index (χ4n) is 3.28. The van der Waals surface area contributed by atoms with E-state index in [1.165, 1.54) is 30.5 Å². The fraction of sp³-hybridized carbons (Fsp3) is 0. The van der Waals surface area contributed by atoms with Crippen molar-refractivity contribution in [3.05, 3.63) is 94.1 Å². The van der Waals surface area contributed by atoms with Crippen molar-refractivity contribution in [1.82, 2.24) is 9.97 Å². The molecule has 0 atom stereocenters. The largest absolute Gasteiger partial charge is 0.437 e. The van der Waals surface area contributed by atoms with Crippen LogP contribution in [0.15, 0.2) is 83.9 Å². The molecule has 5 aromatic rings. The first kappa shape index (κ1) is 23.8. The van der Waals surface area contributed by atoms with Gasteiger partial charge in [-0.3, -0.25) is 4.72 Å². The van der Waals surface area contributed by atoms with Gasteiger partial charge in [-0.15, -0.1) is 11.3 Å². The molecule has 0 bridgehead atoms. The summed E-state index contributed by atoms with van der Waals surface area (Å²) in [4.78, 5) is 8.79. The molecule has 35 heavy (non-hydrogen) atoms. The number of benzene rings is 3. The number of nitrogens with one attached hydrogen (secondary N) is 1. The van der Waals surface area contributed by atoms with Gasteiger partial charge in [0.2, 0.25) is 5.88 Å². The van der Waals surface area contributed by atoms with E-state index >= 15 is 0 Å². The Hall–Kier alpha value is -2.88. The second kappa shape index (κ2) is 9.64. The van der Waals surface area contributed by atoms with Crippen molar-refractivity contribution >= 4 is 72.1 Å². The maximum atomic E-state index is 12.7. The van der Waals surface area contributed by atoms with Crippen molar-refractivity contribution in [2.45, 2.75) is 4.90 Å². The third-order valence-electron chi connectivity index (χ3n) is 4.86. The highest BCUT2D eigenvalue weighted by molar-refractivity contribution is 7.92. The number of aromatic nitrogens is 2. The third-order valence-corrected chi connectivity index (χ3v) is 8.30. The average molecular weight is 563 g/mol. The Morgan fingerprint density at radius 3 is 2.43 bits per heavy atom. The molecule has 0 fully saturated rings. The van der Waals surface area contributed by atoms with E-state index in [2.05, 4.69) is 9.71 Å². The number of para-hydroxylation sites is 2. The summed E-state index contributed by atoms with van der Waals surface area (Å²) in [6.45, 7) is 0. The minimum absolute atomic E-state index is 0.00420. The van der Waals surface area contributed by atoms with Gasteiger partial charge < -0.3 is 4.74 Å². The van der Waals surface area contributed by atoms with Crippen LogP contribution >= 0.6 is 46.1 Å². The number of nitrogens with zero attached hydrogens (tertiary/aromatic N) is 2. The monoisotopic (exact) mass is 561 g/mol. The van der Waals surface area contributed by atoms with Crippen molar-refractivity contribution in [1.29, 1.82) is 0 Å². The summed E-state index contributed by atoms with van der Waals surface area (Å²) in [5, 5.41) is 1.23. The third kappa shape index (κ3) is 5.07. The van der Waals surface area contributed by atoms with Crippen LogP contribution < -0.4 is 9.46 Å². The number of hydrogen-bond acceptors (Lipinski definition) is 6. The van der Waals surface area contributed by atoms with E-state index in [-0.39, 0.29) is 26.5 Å². The van der Waals surface area contributed by atoms with E-state index in [1.54, 1.807) is 17.4 Å². The molecular formula is C24H14Cl3N3O3S2. The molecule has 0 radical (unpaired) electrons. The molecule has 2 heterocycles. The van der Waals surface area contributed by atoms with Crippen molar-refractivity contribution in [2.75, 3.05) is 4.72 Å². The summed E-state index contributed by atoms with van der Waals surface area (Å²) in [5.41, 5.74) is 1.83. The van der Waals surface area contributed by atoms with E-state index in [0.29, 0.717) is 10.8 Å². The van der Waals surface area contributed by atoms with E-state index < -0.39 is 10.0 Å². The summed E-state index contributed by atoms with van der Waals surface area (Å²) < 4.78 is 35.0. The number of rotatable bonds is 6. The lowest BCUT2D eigenvalue weighted by Gasteiger charge is -2.12. The van der Waals surface area contributed by atoms with Crippen LogP contribution in [0.25, 0.3) is 20.8 Å². The van der Waals surface area contributed by atoms with Crippen LogP contribution in [0.1, 0.15) is 0 Å². The fourth-order valence-corrected chi connectivity index (χ4v) is 6.29. The summed E-state index contributed by atoms with van der Waals surface area (Å²) in [5.74, 6) is 0.634. The Kier molecular flexibility index (Phi) is 6.57. The quantitative estimate of drug-likeness (QED) is 0.227. The number of pyridine rings is 1. The molecule has 0 aliphatic rings. The number of halogens is 3. The standard InChI is InChI=1S/C24H14Cl3N3O3S2/c25-14-9-10-22(17(26)11-14)35(31,32)30-15-12-18(27)23(28-13-15)33-20-7-3-1-5-16(20)24-29-19-6-2-4-8-21(19)34-24/h1-13,30H. The molecule has 0 aliphatic heterocycles. The minimum Gasteiger partial charge on any atom is -0.437 e. The molecule has 0 aliphatic carbocycles. The second-order valence-corrected chi connectivity index (χ2v) is 11.2. The van der Waals surface area contributed by atoms with E-state index in [4.69, 9.17) is 44.5 Å². The second-order valence-electron chi connectivity index (χ2n) is 7.28. The molecule has 0 unspecified atom stereocenters. The Labute approximate surface area is 220 Å². The highest BCUT2D eigenvalue weighted by Crippen LogP contribution is 2.39. The van der Waals surface area contributed by atoms with Gasteiger partial charge in [-0.05, 0) is 48.5 Å². The van der Waals surface area contributed by atoms with Crippen molar-refractivity contribution in [3.8, 4) is 22.2 Å². The zero-order valence-corrected chi connectivity index (χ0v) is 21.5. The van der Waals surface area contributed by atoms with Gasteiger partial charge >= 0.3 is 0 Å². The number of thiazole rings is 1. The maximum absolute atomic E-state index is 12.7. The zero-order valence-electron chi connectivity index (χ0n) is 17.6. The maximum Gasteiger partial charge on any atom is 0.263 e. The molecule has 1 N–H and O–H groups in total. The summed E-state index contributed by atoms with van der Waals surface area (Å²) in [7, 11) is -3.99. The average Bonchev–Trinajstić information content (AvgIpc) is 3.25. The Bertz CT molecular complexity index is 1640. The Morgan fingerprint density at radius 1 is 0.886 bits per heavy atom. The van der Waals surface area contributed by atoms with Crippen LogP contribution in [0.3, 0.4) is 0 Å². The lowest BCUT2D eigenvalue weighted by molar-refractivity contribution is 0.465. The Balaban J connectivity index is 1.41. The van der Waals surface area contributed by atoms with Crippen LogP contribution in [-0.4, -0.2) is 18.4 Å². The van der Waals surface area contributed by atoms with Crippen LogP contribution in [0, 0.1) is 0 Å². The van der Waals surface area contributed by atoms with Crippen molar-refractivity contribution < 1.29 is 13.2 Å². The predicted molar refractivity (Wildman–Crippen MR) is 142 cm³/mol. The molecule has 11 heteroatoms. The first-order chi connectivity index (χ1) is 16.8. The van der Waals surface area contributed by atoms with Gasteiger partial charge in [0.25, 0.3) is 10.0 Å². The predicted octanol–water partition coefficient (Wildman–Crippen LogP) is 7.91. The lowest BCUT2D eigenvalue weighted by atomic mass is 10.2. The summed E-state index contributed by atoms with van der Waals surface area (Å²) >= 11 is 19.8. The molecule has 0 saturated heterocycles. The smallest absolute Gasteiger partial charge is 0.263 e. The SMILES string of the molecule is O=S(=O)(Nc1cnc(Oc2ccccc2-c2nc3ccccc3s2)c(Cl)c1)c1ccc(Cl)cc1Cl. The normalized spacial score (nSPS) is 11.5. The molecular weight excluding hydrogens is 549 g/mol. The summed E-state index contributed by atoms with van der Waals surface area (Å²) in [6, 6.07) is 20.8. The first-order valence-corrected chi connectivity index (χ1v) is 13.5. The molecule has 0 spiro atoms. The molecule has 6 nitrogen and oxygen atoms in total. The van der Waals surface area contributed by atoms with Crippen LogP contribution in [-0.2, 0) is 10.0 Å². The van der Waals surface area contributed by atoms with Gasteiger partial charge in [-0.25, -0.2) is 18.4 Å². The topological polar surface area (TPSA) is 81.2 Å². The number of fused-ring (bicyclic) bond motifs is 1. The van der Waals surface area contributed by atoms with Crippen molar-refractivity contribution in [2.24, 2.45) is 0 Å². The molecule has 3 aromatic carbocycles. The number of sulfonamides is 1. The van der Waals surface area contributed by atoms with Gasteiger partial charge in [0, 0.05) is 5.02 Å². The van der Waals surface area contributed by atoms with Crippen molar-refractivity contribution in [3.63, 3.8) is 0 Å². The highest BCUT2D eigenvalue weighted by atomic mass is 35.5. The highest BCUT2D eigenvalue weighted by Gasteiger charge is 2.20. The van der Waals surface area contributed by atoms with Gasteiger partial charge in [-0.2, -0.15) is 0 Å². The van der Waals surface area contributed by atoms with Gasteiger partial charge in [0.1, 0.15) is 20.7 Å². The molecule has 2 aromatic heterocycles. The van der Waals surface area contributed by atoms with Gasteiger partial charge in [0.05, 0.1) is 32.7 Å². The molecule has 0 amide bonds. The van der Waals surface area contributed by atoms with Gasteiger partial charge in [0.15, 0.2) is 0 Å². The Morgan fingerprint density at radius 2 is 1.66 bits per heavy atom.